The highest BCUT2D eigenvalue weighted by atomic mass is 16.7. The van der Waals surface area contributed by atoms with Gasteiger partial charge in [0, 0.05) is 0 Å². The Morgan fingerprint density at radius 1 is 1.09 bits per heavy atom. The van der Waals surface area contributed by atoms with Gasteiger partial charge < -0.3 is 9.31 Å². The van der Waals surface area contributed by atoms with Crippen molar-refractivity contribution in [3.8, 4) is 0 Å². The summed E-state index contributed by atoms with van der Waals surface area (Å²) in [5, 5.41) is 0. The van der Waals surface area contributed by atoms with Crippen LogP contribution < -0.4 is 0 Å². The van der Waals surface area contributed by atoms with Crippen LogP contribution in [0.1, 0.15) is 46.1 Å². The van der Waals surface area contributed by atoms with Crippen molar-refractivity contribution in [1.29, 1.82) is 0 Å². The summed E-state index contributed by atoms with van der Waals surface area (Å²) in [5.41, 5.74) is 1.58. The monoisotopic (exact) mass is 310 g/mol. The molecular weight excluding hydrogens is 283 g/mol. The first-order valence-electron chi connectivity index (χ1n) is 8.18. The molecule has 1 aliphatic heterocycles. The third-order valence-electron chi connectivity index (χ3n) is 4.77. The summed E-state index contributed by atoms with van der Waals surface area (Å²) in [5.74, 6) is 0.358. The molecule has 23 heavy (non-hydrogen) atoms. The molecule has 1 saturated heterocycles. The zero-order valence-electron chi connectivity index (χ0n) is 14.9. The minimum atomic E-state index is -0.366. The van der Waals surface area contributed by atoms with Gasteiger partial charge in [0.1, 0.15) is 0 Å². The van der Waals surface area contributed by atoms with Gasteiger partial charge in [-0.3, -0.25) is 0 Å². The van der Waals surface area contributed by atoms with Gasteiger partial charge in [0.05, 0.1) is 11.2 Å². The van der Waals surface area contributed by atoms with Crippen LogP contribution in [-0.2, 0) is 9.31 Å². The number of rotatable bonds is 5. The smallest absolute Gasteiger partial charge is 0.399 e. The first kappa shape index (κ1) is 17.8. The van der Waals surface area contributed by atoms with Crippen molar-refractivity contribution in [2.24, 2.45) is 0 Å². The lowest BCUT2D eigenvalue weighted by Crippen LogP contribution is -2.41. The highest BCUT2D eigenvalue weighted by molar-refractivity contribution is 6.55. The van der Waals surface area contributed by atoms with Gasteiger partial charge in [-0.25, -0.2) is 0 Å². The van der Waals surface area contributed by atoms with E-state index in [0.717, 1.165) is 5.47 Å². The van der Waals surface area contributed by atoms with Crippen molar-refractivity contribution >= 4 is 7.12 Å². The average molecular weight is 310 g/mol. The Morgan fingerprint density at radius 3 is 2.17 bits per heavy atom. The predicted octanol–water partition coefficient (Wildman–Crippen LogP) is 5.09. The molecule has 0 aromatic heterocycles. The van der Waals surface area contributed by atoms with E-state index in [1.165, 1.54) is 5.56 Å². The van der Waals surface area contributed by atoms with Crippen molar-refractivity contribution in [3.05, 3.63) is 72.3 Å². The summed E-state index contributed by atoms with van der Waals surface area (Å²) in [6.45, 7) is 14.3. The minimum Gasteiger partial charge on any atom is -0.399 e. The number of allylic oxidation sites excluding steroid dienone is 5. The summed E-state index contributed by atoms with van der Waals surface area (Å²) in [7, 11) is -0.366. The van der Waals surface area contributed by atoms with Gasteiger partial charge >= 0.3 is 7.12 Å². The molecule has 122 valence electrons. The SMILES string of the molecule is C=C/C(=C\C=C/C(C)c1ccccc1)B1OC(C)(C)C(C)(C)O1. The summed E-state index contributed by atoms with van der Waals surface area (Å²) >= 11 is 0. The molecule has 1 aliphatic rings. The Morgan fingerprint density at radius 2 is 1.65 bits per heavy atom. The van der Waals surface area contributed by atoms with Crippen LogP contribution in [0, 0.1) is 0 Å². The lowest BCUT2D eigenvalue weighted by atomic mass is 9.78. The van der Waals surface area contributed by atoms with Crippen LogP contribution in [0.25, 0.3) is 0 Å². The molecule has 1 unspecified atom stereocenters. The number of benzene rings is 1. The molecule has 0 radical (unpaired) electrons. The second kappa shape index (κ2) is 6.90. The van der Waals surface area contributed by atoms with E-state index in [4.69, 9.17) is 9.31 Å². The van der Waals surface area contributed by atoms with Crippen LogP contribution in [0.4, 0.5) is 0 Å². The fourth-order valence-corrected chi connectivity index (χ4v) is 2.42. The van der Waals surface area contributed by atoms with Gasteiger partial charge in [-0.15, -0.1) is 0 Å². The molecule has 0 spiro atoms. The molecule has 0 amide bonds. The first-order valence-corrected chi connectivity index (χ1v) is 8.18. The second-order valence-electron chi connectivity index (χ2n) is 7.04. The molecule has 0 bridgehead atoms. The third kappa shape index (κ3) is 4.04. The van der Waals surface area contributed by atoms with Crippen LogP contribution in [0.5, 0.6) is 0 Å². The Balaban J connectivity index is 2.08. The Labute approximate surface area is 141 Å². The molecule has 2 rings (SSSR count). The molecular formula is C20H27BO2. The maximum absolute atomic E-state index is 6.06. The van der Waals surface area contributed by atoms with Gasteiger partial charge in [0.25, 0.3) is 0 Å². The van der Waals surface area contributed by atoms with Crippen molar-refractivity contribution in [2.45, 2.75) is 51.7 Å². The maximum atomic E-state index is 6.06. The summed E-state index contributed by atoms with van der Waals surface area (Å²) in [4.78, 5) is 0. The zero-order chi connectivity index (χ0) is 17.1. The largest absolute Gasteiger partial charge is 0.494 e. The van der Waals surface area contributed by atoms with Gasteiger partial charge in [-0.1, -0.05) is 68.1 Å². The van der Waals surface area contributed by atoms with Gasteiger partial charge in [0.2, 0.25) is 0 Å². The number of hydrogen-bond donors (Lipinski definition) is 0. The van der Waals surface area contributed by atoms with E-state index in [0.29, 0.717) is 5.92 Å². The quantitative estimate of drug-likeness (QED) is 0.557. The predicted molar refractivity (Wildman–Crippen MR) is 98.4 cm³/mol. The molecule has 0 aliphatic carbocycles. The van der Waals surface area contributed by atoms with E-state index in [-0.39, 0.29) is 18.3 Å². The normalized spacial score (nSPS) is 21.6. The summed E-state index contributed by atoms with van der Waals surface area (Å²) in [6.07, 6.45) is 8.05. The maximum Gasteiger partial charge on any atom is 0.494 e. The Kier molecular flexibility index (Phi) is 5.33. The summed E-state index contributed by atoms with van der Waals surface area (Å²) in [6, 6.07) is 10.4. The van der Waals surface area contributed by atoms with Gasteiger partial charge in [-0.05, 0) is 44.6 Å². The van der Waals surface area contributed by atoms with E-state index in [1.807, 2.05) is 12.1 Å². The zero-order valence-corrected chi connectivity index (χ0v) is 14.9. The van der Waals surface area contributed by atoms with Gasteiger partial charge in [0.15, 0.2) is 0 Å². The van der Waals surface area contributed by atoms with Crippen molar-refractivity contribution < 1.29 is 9.31 Å². The van der Waals surface area contributed by atoms with Crippen molar-refractivity contribution in [3.63, 3.8) is 0 Å². The fourth-order valence-electron chi connectivity index (χ4n) is 2.42. The van der Waals surface area contributed by atoms with E-state index in [9.17, 15) is 0 Å². The van der Waals surface area contributed by atoms with Crippen molar-refractivity contribution in [1.82, 2.24) is 0 Å². The second-order valence-corrected chi connectivity index (χ2v) is 7.04. The van der Waals surface area contributed by atoms with E-state index < -0.39 is 0 Å². The lowest BCUT2D eigenvalue weighted by molar-refractivity contribution is 0.00578. The molecule has 1 heterocycles. The first-order chi connectivity index (χ1) is 10.8. The molecule has 2 nitrogen and oxygen atoms in total. The van der Waals surface area contributed by atoms with E-state index in [2.05, 4.69) is 77.6 Å². The topological polar surface area (TPSA) is 18.5 Å². The Bertz CT molecular complexity index is 583. The van der Waals surface area contributed by atoms with Crippen LogP contribution in [0.3, 0.4) is 0 Å². The van der Waals surface area contributed by atoms with Crippen LogP contribution in [0.2, 0.25) is 0 Å². The lowest BCUT2D eigenvalue weighted by Gasteiger charge is -2.32. The molecule has 3 heteroatoms. The standard InChI is InChI=1S/C20H27BO2/c1-7-18(21-22-19(3,4)20(5,6)23-21)15-11-12-16(2)17-13-9-8-10-14-17/h7-16H,1H2,2-6H3/b12-11-,18-15+. The molecule has 1 fully saturated rings. The van der Waals surface area contributed by atoms with E-state index >= 15 is 0 Å². The summed E-state index contributed by atoms with van der Waals surface area (Å²) < 4.78 is 12.1. The molecule has 1 atom stereocenters. The van der Waals surface area contributed by atoms with Crippen LogP contribution in [-0.4, -0.2) is 18.3 Å². The highest BCUT2D eigenvalue weighted by Crippen LogP contribution is 2.38. The number of hydrogen-bond acceptors (Lipinski definition) is 2. The molecule has 1 aromatic carbocycles. The van der Waals surface area contributed by atoms with Crippen LogP contribution in [0.15, 0.2) is 66.7 Å². The molecule has 0 N–H and O–H groups in total. The van der Waals surface area contributed by atoms with Crippen molar-refractivity contribution in [2.75, 3.05) is 0 Å². The Hall–Kier alpha value is -1.58. The minimum absolute atomic E-state index is 0.333. The van der Waals surface area contributed by atoms with E-state index in [1.54, 1.807) is 6.08 Å². The fraction of sp³-hybridized carbons (Fsp3) is 0.400. The molecule has 1 aromatic rings. The van der Waals surface area contributed by atoms with Crippen LogP contribution >= 0.6 is 0 Å². The highest BCUT2D eigenvalue weighted by Gasteiger charge is 2.51. The average Bonchev–Trinajstić information content (AvgIpc) is 2.72. The molecule has 0 saturated carbocycles. The third-order valence-corrected chi connectivity index (χ3v) is 4.77. The van der Waals surface area contributed by atoms with Gasteiger partial charge in [-0.2, -0.15) is 0 Å².